The number of amides is 1. The lowest BCUT2D eigenvalue weighted by molar-refractivity contribution is 0.102. The summed E-state index contributed by atoms with van der Waals surface area (Å²) in [6.45, 7) is 2.78. The third-order valence-corrected chi connectivity index (χ3v) is 8.26. The summed E-state index contributed by atoms with van der Waals surface area (Å²) < 4.78 is 45.2. The average Bonchev–Trinajstić information content (AvgIpc) is 3.61. The van der Waals surface area contributed by atoms with Gasteiger partial charge in [-0.3, -0.25) is 14.4 Å². The van der Waals surface area contributed by atoms with Crippen LogP contribution in [0.1, 0.15) is 29.3 Å². The highest BCUT2D eigenvalue weighted by Crippen LogP contribution is 2.34. The molecule has 1 N–H and O–H groups in total. The zero-order valence-corrected chi connectivity index (χ0v) is 21.8. The number of aryl methyl sites for hydroxylation is 1. The molecule has 11 heteroatoms. The molecule has 0 saturated heterocycles. The average molecular weight is 545 g/mol. The third kappa shape index (κ3) is 4.61. The van der Waals surface area contributed by atoms with Gasteiger partial charge < -0.3 is 13.6 Å². The third-order valence-electron chi connectivity index (χ3n) is 6.44. The number of fused-ring (bicyclic) bond motifs is 2. The molecule has 0 unspecified atom stereocenters. The number of para-hydroxylation sites is 2. The highest BCUT2D eigenvalue weighted by Gasteiger charge is 2.29. The van der Waals surface area contributed by atoms with Crippen molar-refractivity contribution < 1.29 is 26.8 Å². The Bertz CT molecular complexity index is 1780. The fourth-order valence-corrected chi connectivity index (χ4v) is 6.15. The summed E-state index contributed by atoms with van der Waals surface area (Å²) in [5, 5.41) is 11.2. The molecule has 1 aliphatic heterocycles. The molecule has 39 heavy (non-hydrogen) atoms. The van der Waals surface area contributed by atoms with E-state index in [9.17, 15) is 13.2 Å². The first-order valence-electron chi connectivity index (χ1n) is 12.5. The molecule has 5 aromatic rings. The number of hydrogen-bond acceptors (Lipinski definition) is 8. The van der Waals surface area contributed by atoms with Crippen LogP contribution in [0.15, 0.2) is 86.5 Å². The van der Waals surface area contributed by atoms with Crippen molar-refractivity contribution in [2.75, 3.05) is 22.8 Å². The zero-order chi connectivity index (χ0) is 27.0. The lowest BCUT2D eigenvalue weighted by Gasteiger charge is -2.30. The Morgan fingerprint density at radius 2 is 1.85 bits per heavy atom. The fourth-order valence-electron chi connectivity index (χ4n) is 4.61. The minimum absolute atomic E-state index is 0.0900. The molecule has 10 nitrogen and oxygen atoms in total. The molecule has 0 radical (unpaired) electrons. The summed E-state index contributed by atoms with van der Waals surface area (Å²) in [5.41, 5.74) is 2.48. The van der Waals surface area contributed by atoms with Gasteiger partial charge in [-0.2, -0.15) is 0 Å². The quantitative estimate of drug-likeness (QED) is 0.293. The monoisotopic (exact) mass is 544 g/mol. The first-order chi connectivity index (χ1) is 18.9. The molecule has 0 bridgehead atoms. The number of hydrogen-bond donors (Lipinski definition) is 1. The van der Waals surface area contributed by atoms with E-state index in [0.717, 1.165) is 23.8 Å². The van der Waals surface area contributed by atoms with Crippen LogP contribution in [0.25, 0.3) is 22.6 Å². The second-order valence-electron chi connectivity index (χ2n) is 8.92. The molecule has 0 aliphatic carbocycles. The van der Waals surface area contributed by atoms with Crippen molar-refractivity contribution in [2.45, 2.75) is 24.7 Å². The Morgan fingerprint density at radius 3 is 2.67 bits per heavy atom. The highest BCUT2D eigenvalue weighted by atomic mass is 32.2. The standard InChI is InChI=1S/C28H24N4O6S/c1-2-36-23-11-5-8-20-17-24(37-25(20)23)27-30-31-28(38-27)29-26(33)19-12-14-21(15-13-19)39(34,35)32-16-6-9-18-7-3-4-10-22(18)32/h3-5,7-8,10-15,17H,2,6,9,16H2,1H3,(H,29,31,33). The molecule has 0 atom stereocenters. The summed E-state index contributed by atoms with van der Waals surface area (Å²) >= 11 is 0. The van der Waals surface area contributed by atoms with Crippen LogP contribution >= 0.6 is 0 Å². The van der Waals surface area contributed by atoms with Gasteiger partial charge in [-0.1, -0.05) is 35.4 Å². The molecule has 0 spiro atoms. The van der Waals surface area contributed by atoms with E-state index in [4.69, 9.17) is 13.6 Å². The van der Waals surface area contributed by atoms with Gasteiger partial charge in [-0.25, -0.2) is 8.42 Å². The van der Waals surface area contributed by atoms with Gasteiger partial charge in [0, 0.05) is 17.5 Å². The number of carbonyl (C=O) groups excluding carboxylic acids is 1. The molecular weight excluding hydrogens is 520 g/mol. The van der Waals surface area contributed by atoms with Gasteiger partial charge in [0.05, 0.1) is 17.2 Å². The van der Waals surface area contributed by atoms with Crippen molar-refractivity contribution in [3.8, 4) is 17.4 Å². The molecule has 3 heterocycles. The predicted molar refractivity (Wildman–Crippen MR) is 144 cm³/mol. The summed E-state index contributed by atoms with van der Waals surface area (Å²) in [6, 6.07) is 20.4. The Balaban J connectivity index is 1.18. The summed E-state index contributed by atoms with van der Waals surface area (Å²) in [5.74, 6) is 0.496. The van der Waals surface area contributed by atoms with Gasteiger partial charge >= 0.3 is 6.01 Å². The van der Waals surface area contributed by atoms with Crippen LogP contribution in [-0.4, -0.2) is 37.7 Å². The van der Waals surface area contributed by atoms with Gasteiger partial charge in [0.15, 0.2) is 17.1 Å². The molecule has 2 aromatic heterocycles. The van der Waals surface area contributed by atoms with Crippen molar-refractivity contribution >= 4 is 38.6 Å². The molecule has 1 aliphatic rings. The minimum Gasteiger partial charge on any atom is -0.490 e. The van der Waals surface area contributed by atoms with Crippen molar-refractivity contribution in [1.82, 2.24) is 10.2 Å². The second kappa shape index (κ2) is 9.91. The zero-order valence-electron chi connectivity index (χ0n) is 21.0. The van der Waals surface area contributed by atoms with Crippen LogP contribution in [0.3, 0.4) is 0 Å². The Labute approximate surface area is 224 Å². The predicted octanol–water partition coefficient (Wildman–Crippen LogP) is 5.28. The van der Waals surface area contributed by atoms with Crippen molar-refractivity contribution in [1.29, 1.82) is 0 Å². The van der Waals surface area contributed by atoms with Gasteiger partial charge in [-0.15, -0.1) is 5.10 Å². The maximum atomic E-state index is 13.4. The van der Waals surface area contributed by atoms with Crippen molar-refractivity contribution in [3.05, 3.63) is 83.9 Å². The van der Waals surface area contributed by atoms with Crippen LogP contribution in [0.2, 0.25) is 0 Å². The van der Waals surface area contributed by atoms with E-state index < -0.39 is 15.9 Å². The lowest BCUT2D eigenvalue weighted by atomic mass is 10.0. The first-order valence-corrected chi connectivity index (χ1v) is 13.9. The maximum Gasteiger partial charge on any atom is 0.322 e. The molecule has 198 valence electrons. The van der Waals surface area contributed by atoms with Crippen LogP contribution < -0.4 is 14.4 Å². The SMILES string of the molecule is CCOc1cccc2cc(-c3nnc(NC(=O)c4ccc(S(=O)(=O)N5CCCc6ccccc65)cc4)o3)oc12. The minimum atomic E-state index is -3.78. The number of ether oxygens (including phenoxy) is 1. The van der Waals surface area contributed by atoms with E-state index in [2.05, 4.69) is 15.5 Å². The van der Waals surface area contributed by atoms with E-state index in [0.29, 0.717) is 35.9 Å². The number of benzene rings is 3. The molecule has 3 aromatic carbocycles. The van der Waals surface area contributed by atoms with Gasteiger partial charge in [-0.05, 0) is 67.8 Å². The van der Waals surface area contributed by atoms with Crippen molar-refractivity contribution in [3.63, 3.8) is 0 Å². The smallest absolute Gasteiger partial charge is 0.322 e. The van der Waals surface area contributed by atoms with E-state index in [1.807, 2.05) is 43.3 Å². The summed E-state index contributed by atoms with van der Waals surface area (Å²) in [7, 11) is -3.78. The summed E-state index contributed by atoms with van der Waals surface area (Å²) in [4.78, 5) is 12.9. The number of rotatable bonds is 7. The van der Waals surface area contributed by atoms with Crippen LogP contribution in [0.4, 0.5) is 11.7 Å². The fraction of sp³-hybridized carbons (Fsp3) is 0.179. The number of furan rings is 1. The van der Waals surface area contributed by atoms with Gasteiger partial charge in [0.1, 0.15) is 0 Å². The van der Waals surface area contributed by atoms with Crippen LogP contribution in [0.5, 0.6) is 5.75 Å². The Hall–Kier alpha value is -4.64. The largest absolute Gasteiger partial charge is 0.490 e. The van der Waals surface area contributed by atoms with E-state index in [1.54, 1.807) is 12.1 Å². The van der Waals surface area contributed by atoms with Crippen molar-refractivity contribution in [2.24, 2.45) is 0 Å². The molecule has 6 rings (SSSR count). The van der Waals surface area contributed by atoms with Crippen LogP contribution in [-0.2, 0) is 16.4 Å². The van der Waals surface area contributed by atoms with E-state index in [-0.39, 0.29) is 22.4 Å². The number of anilines is 2. The Kier molecular flexibility index (Phi) is 6.27. The number of aromatic nitrogens is 2. The van der Waals surface area contributed by atoms with E-state index in [1.165, 1.54) is 28.6 Å². The Morgan fingerprint density at radius 1 is 1.03 bits per heavy atom. The van der Waals surface area contributed by atoms with E-state index >= 15 is 0 Å². The number of carbonyl (C=O) groups is 1. The van der Waals surface area contributed by atoms with Gasteiger partial charge in [0.2, 0.25) is 0 Å². The van der Waals surface area contributed by atoms with Crippen LogP contribution in [0, 0.1) is 0 Å². The first kappa shape index (κ1) is 24.7. The highest BCUT2D eigenvalue weighted by molar-refractivity contribution is 7.92. The topological polar surface area (TPSA) is 128 Å². The number of nitrogens with zero attached hydrogens (tertiary/aromatic N) is 3. The van der Waals surface area contributed by atoms with Gasteiger partial charge in [0.25, 0.3) is 21.8 Å². The number of nitrogens with one attached hydrogen (secondary N) is 1. The lowest BCUT2D eigenvalue weighted by Crippen LogP contribution is -2.35. The normalized spacial score (nSPS) is 13.3. The number of sulfonamides is 1. The molecular formula is C28H24N4O6S. The summed E-state index contributed by atoms with van der Waals surface area (Å²) in [6.07, 6.45) is 1.58. The molecule has 0 saturated carbocycles. The maximum absolute atomic E-state index is 13.4. The molecule has 1 amide bonds. The molecule has 0 fully saturated rings. The second-order valence-corrected chi connectivity index (χ2v) is 10.8.